The lowest BCUT2D eigenvalue weighted by atomic mass is 10.1. The molecule has 0 unspecified atom stereocenters. The van der Waals surface area contributed by atoms with Crippen LogP contribution in [0.4, 0.5) is 10.1 Å². The van der Waals surface area contributed by atoms with E-state index in [0.29, 0.717) is 32.6 Å². The van der Waals surface area contributed by atoms with Gasteiger partial charge in [0.15, 0.2) is 5.79 Å². The topological polar surface area (TPSA) is 81.9 Å². The molecule has 2 fully saturated rings. The maximum absolute atomic E-state index is 13.9. The van der Waals surface area contributed by atoms with Crippen molar-refractivity contribution in [1.82, 2.24) is 4.31 Å². The second-order valence-corrected chi connectivity index (χ2v) is 7.15. The lowest BCUT2D eigenvalue weighted by Gasteiger charge is -2.37. The molecule has 0 atom stereocenters. The summed E-state index contributed by atoms with van der Waals surface area (Å²) in [5, 5.41) is 0. The van der Waals surface area contributed by atoms with Crippen LogP contribution in [-0.4, -0.2) is 44.8 Å². The number of benzene rings is 1. The number of piperidine rings is 1. The zero-order chi connectivity index (χ0) is 15.1. The molecule has 0 aliphatic carbocycles. The first-order valence-corrected chi connectivity index (χ1v) is 8.20. The summed E-state index contributed by atoms with van der Waals surface area (Å²) >= 11 is 0. The fraction of sp³-hybridized carbons (Fsp3) is 0.538. The van der Waals surface area contributed by atoms with E-state index in [1.54, 1.807) is 0 Å². The molecule has 0 saturated carbocycles. The fourth-order valence-corrected chi connectivity index (χ4v) is 4.31. The molecule has 2 heterocycles. The second-order valence-electron chi connectivity index (χ2n) is 5.24. The molecule has 2 aliphatic rings. The maximum Gasteiger partial charge on any atom is 0.246 e. The van der Waals surface area contributed by atoms with E-state index >= 15 is 0 Å². The van der Waals surface area contributed by atoms with Gasteiger partial charge in [0.1, 0.15) is 10.7 Å². The molecule has 2 saturated heterocycles. The van der Waals surface area contributed by atoms with E-state index in [4.69, 9.17) is 15.2 Å². The highest BCUT2D eigenvalue weighted by Crippen LogP contribution is 2.33. The molecule has 0 aromatic heterocycles. The molecule has 6 nitrogen and oxygen atoms in total. The molecule has 0 amide bonds. The van der Waals surface area contributed by atoms with E-state index < -0.39 is 21.6 Å². The van der Waals surface area contributed by atoms with E-state index in [1.807, 2.05) is 0 Å². The van der Waals surface area contributed by atoms with Crippen LogP contribution < -0.4 is 5.73 Å². The van der Waals surface area contributed by atoms with Crippen LogP contribution in [0.3, 0.4) is 0 Å². The predicted octanol–water partition coefficient (Wildman–Crippen LogP) is 0.935. The zero-order valence-corrected chi connectivity index (χ0v) is 12.2. The van der Waals surface area contributed by atoms with Gasteiger partial charge in [0.05, 0.1) is 19.8 Å². The Bertz CT molecular complexity index is 644. The highest BCUT2D eigenvalue weighted by Gasteiger charge is 2.44. The molecule has 1 aromatic carbocycles. The van der Waals surface area contributed by atoms with Crippen molar-refractivity contribution in [3.8, 4) is 0 Å². The van der Waals surface area contributed by atoms with E-state index in [2.05, 4.69) is 0 Å². The normalized spacial score (nSPS) is 22.7. The Morgan fingerprint density at radius 1 is 1.29 bits per heavy atom. The van der Waals surface area contributed by atoms with Crippen molar-refractivity contribution < 1.29 is 22.3 Å². The minimum Gasteiger partial charge on any atom is -0.399 e. The Balaban J connectivity index is 1.90. The zero-order valence-electron chi connectivity index (χ0n) is 11.4. The fourth-order valence-electron chi connectivity index (χ4n) is 2.75. The lowest BCUT2D eigenvalue weighted by molar-refractivity contribution is -0.179. The van der Waals surface area contributed by atoms with Crippen molar-refractivity contribution in [1.29, 1.82) is 0 Å². The van der Waals surface area contributed by atoms with Gasteiger partial charge in [0.2, 0.25) is 10.0 Å². The van der Waals surface area contributed by atoms with Crippen LogP contribution >= 0.6 is 0 Å². The van der Waals surface area contributed by atoms with Gasteiger partial charge in [-0.1, -0.05) is 0 Å². The Morgan fingerprint density at radius 3 is 2.67 bits per heavy atom. The first-order chi connectivity index (χ1) is 9.93. The van der Waals surface area contributed by atoms with E-state index in [0.717, 1.165) is 6.07 Å². The van der Waals surface area contributed by atoms with Crippen molar-refractivity contribution in [3.05, 3.63) is 24.0 Å². The highest BCUT2D eigenvalue weighted by atomic mass is 32.2. The number of rotatable bonds is 2. The minimum absolute atomic E-state index is 0.0825. The van der Waals surface area contributed by atoms with Gasteiger partial charge in [-0.2, -0.15) is 4.31 Å². The first kappa shape index (κ1) is 14.7. The molecular weight excluding hydrogens is 299 g/mol. The Morgan fingerprint density at radius 2 is 2.00 bits per heavy atom. The van der Waals surface area contributed by atoms with Crippen molar-refractivity contribution >= 4 is 15.7 Å². The number of ether oxygens (including phenoxy) is 2. The number of hydrogen-bond donors (Lipinski definition) is 1. The number of nitrogens with zero attached hydrogens (tertiary/aromatic N) is 1. The summed E-state index contributed by atoms with van der Waals surface area (Å²) in [5.41, 5.74) is 5.64. The smallest absolute Gasteiger partial charge is 0.246 e. The molecule has 0 bridgehead atoms. The van der Waals surface area contributed by atoms with Crippen molar-refractivity contribution in [2.45, 2.75) is 23.5 Å². The van der Waals surface area contributed by atoms with Crippen molar-refractivity contribution in [3.63, 3.8) is 0 Å². The first-order valence-electron chi connectivity index (χ1n) is 6.76. The molecular formula is C13H17FN2O4S. The van der Waals surface area contributed by atoms with Crippen LogP contribution in [0.5, 0.6) is 0 Å². The summed E-state index contributed by atoms with van der Waals surface area (Å²) in [5.74, 6) is -1.72. The number of sulfonamides is 1. The number of nitrogens with two attached hydrogens (primary N) is 1. The van der Waals surface area contributed by atoms with E-state index in [9.17, 15) is 12.8 Å². The quantitative estimate of drug-likeness (QED) is 0.821. The molecule has 1 spiro atoms. The third kappa shape index (κ3) is 2.64. The van der Waals surface area contributed by atoms with Gasteiger partial charge < -0.3 is 15.2 Å². The molecule has 1 aromatic rings. The van der Waals surface area contributed by atoms with Gasteiger partial charge in [-0.05, 0) is 24.6 Å². The van der Waals surface area contributed by atoms with E-state index in [1.165, 1.54) is 16.4 Å². The van der Waals surface area contributed by atoms with Crippen LogP contribution in [0.25, 0.3) is 0 Å². The number of anilines is 1. The van der Waals surface area contributed by atoms with Crippen LogP contribution in [0.1, 0.15) is 12.8 Å². The number of nitrogen functional groups attached to an aromatic ring is 1. The van der Waals surface area contributed by atoms with Crippen LogP contribution in [0, 0.1) is 5.82 Å². The van der Waals surface area contributed by atoms with Gasteiger partial charge in [-0.3, -0.25) is 0 Å². The largest absolute Gasteiger partial charge is 0.399 e. The van der Waals surface area contributed by atoms with Crippen LogP contribution in [-0.2, 0) is 19.5 Å². The molecule has 8 heteroatoms. The minimum atomic E-state index is -3.93. The summed E-state index contributed by atoms with van der Waals surface area (Å²) in [4.78, 5) is -0.369. The number of hydrogen-bond acceptors (Lipinski definition) is 5. The van der Waals surface area contributed by atoms with Crippen LogP contribution in [0.2, 0.25) is 0 Å². The molecule has 2 N–H and O–H groups in total. The lowest BCUT2D eigenvalue weighted by Crippen LogP contribution is -2.51. The maximum atomic E-state index is 13.9. The average Bonchev–Trinajstić information content (AvgIpc) is 2.86. The molecule has 0 radical (unpaired) electrons. The molecule has 21 heavy (non-hydrogen) atoms. The average molecular weight is 316 g/mol. The SMILES string of the molecule is Nc1ccc(S(=O)(=O)N2CCCC3(C2)OCCO3)c(F)c1. The van der Waals surface area contributed by atoms with Crippen molar-refractivity contribution in [2.75, 3.05) is 32.0 Å². The third-order valence-corrected chi connectivity index (χ3v) is 5.65. The molecule has 116 valence electrons. The Labute approximate surface area is 122 Å². The summed E-state index contributed by atoms with van der Waals surface area (Å²) in [6.45, 7) is 1.30. The highest BCUT2D eigenvalue weighted by molar-refractivity contribution is 7.89. The summed E-state index contributed by atoms with van der Waals surface area (Å²) in [6, 6.07) is 3.57. The molecule has 3 rings (SSSR count). The van der Waals surface area contributed by atoms with Crippen molar-refractivity contribution in [2.24, 2.45) is 0 Å². The summed E-state index contributed by atoms with van der Waals surface area (Å²) in [6.07, 6.45) is 1.25. The third-order valence-electron chi connectivity index (χ3n) is 3.77. The second kappa shape index (κ2) is 5.20. The number of halogens is 1. The van der Waals surface area contributed by atoms with Gasteiger partial charge in [0, 0.05) is 18.7 Å². The van der Waals surface area contributed by atoms with Gasteiger partial charge in [-0.15, -0.1) is 0 Å². The summed E-state index contributed by atoms with van der Waals surface area (Å²) < 4.78 is 51.4. The molecule has 2 aliphatic heterocycles. The Hall–Kier alpha value is -1.22. The van der Waals surface area contributed by atoms with Gasteiger partial charge in [-0.25, -0.2) is 12.8 Å². The predicted molar refractivity (Wildman–Crippen MR) is 73.4 cm³/mol. The van der Waals surface area contributed by atoms with Gasteiger partial charge in [0.25, 0.3) is 0 Å². The van der Waals surface area contributed by atoms with Crippen LogP contribution in [0.15, 0.2) is 23.1 Å². The Kier molecular flexibility index (Phi) is 3.64. The van der Waals surface area contributed by atoms with Gasteiger partial charge >= 0.3 is 0 Å². The van der Waals surface area contributed by atoms with E-state index in [-0.39, 0.29) is 17.1 Å². The summed E-state index contributed by atoms with van der Waals surface area (Å²) in [7, 11) is -3.93. The monoisotopic (exact) mass is 316 g/mol. The standard InChI is InChI=1S/C13H17FN2O4S/c14-11-8-10(15)2-3-12(11)21(17,18)16-5-1-4-13(9-16)19-6-7-20-13/h2-3,8H,1,4-7,9,15H2.